The Kier molecular flexibility index (Phi) is 8.00. The Morgan fingerprint density at radius 2 is 1.03 bits per heavy atom. The molecule has 1 aliphatic carbocycles. The van der Waals surface area contributed by atoms with Crippen LogP contribution in [0.25, 0.3) is 78.4 Å². The largest absolute Gasteiger partial charge is 0.456 e. The molecule has 4 nitrogen and oxygen atoms in total. The Labute approximate surface area is 336 Å². The van der Waals surface area contributed by atoms with Gasteiger partial charge in [0, 0.05) is 40.0 Å². The molecular formula is C54H35N3O. The molecule has 1 aliphatic rings. The standard InChI is InChI=1S/C54H35N3O/c1-3-15-42(16-4-1)54(43-17-5-2-6-18-43)46-21-9-8-19-44(46)52-45(20-11-22-47(52)54)49-34-48(37-26-28-38(29-27-37)51-33-40-13-7-10-23-50(40)58-51)56-53(57-49)39-30-24-36(25-31-39)41-14-12-32-55-35-41/h1-35H. The van der Waals surface area contributed by atoms with Gasteiger partial charge in [-0.2, -0.15) is 0 Å². The van der Waals surface area contributed by atoms with Crippen molar-refractivity contribution in [1.82, 2.24) is 15.0 Å². The number of aromatic nitrogens is 3. The molecule has 0 fully saturated rings. The van der Waals surface area contributed by atoms with Crippen LogP contribution in [0.2, 0.25) is 0 Å². The summed E-state index contributed by atoms with van der Waals surface area (Å²) in [5.41, 5.74) is 15.6. The third kappa shape index (κ3) is 5.49. The van der Waals surface area contributed by atoms with Crippen molar-refractivity contribution in [3.63, 3.8) is 0 Å². The van der Waals surface area contributed by atoms with Gasteiger partial charge in [0.2, 0.25) is 0 Å². The van der Waals surface area contributed by atoms with Crippen molar-refractivity contribution in [3.8, 4) is 67.5 Å². The summed E-state index contributed by atoms with van der Waals surface area (Å²) in [5.74, 6) is 1.50. The number of hydrogen-bond donors (Lipinski definition) is 0. The first kappa shape index (κ1) is 33.6. The van der Waals surface area contributed by atoms with Gasteiger partial charge in [0.05, 0.1) is 16.8 Å². The number of hydrogen-bond acceptors (Lipinski definition) is 4. The third-order valence-electron chi connectivity index (χ3n) is 11.5. The Morgan fingerprint density at radius 3 is 1.78 bits per heavy atom. The molecule has 0 radical (unpaired) electrons. The van der Waals surface area contributed by atoms with Crippen molar-refractivity contribution in [3.05, 3.63) is 235 Å². The minimum Gasteiger partial charge on any atom is -0.456 e. The molecule has 0 bridgehead atoms. The van der Waals surface area contributed by atoms with Crippen LogP contribution in [0.4, 0.5) is 0 Å². The van der Waals surface area contributed by atoms with Crippen LogP contribution in [0.1, 0.15) is 22.3 Å². The maximum atomic E-state index is 6.22. The van der Waals surface area contributed by atoms with Crippen molar-refractivity contribution >= 4 is 11.0 Å². The summed E-state index contributed by atoms with van der Waals surface area (Å²) in [6, 6.07) is 70.7. The predicted octanol–water partition coefficient (Wildman–Crippen LogP) is 13.3. The lowest BCUT2D eigenvalue weighted by atomic mass is 9.67. The number of para-hydroxylation sites is 1. The van der Waals surface area contributed by atoms with Crippen molar-refractivity contribution < 1.29 is 4.42 Å². The van der Waals surface area contributed by atoms with E-state index in [4.69, 9.17) is 14.4 Å². The van der Waals surface area contributed by atoms with Crippen LogP contribution in [0.5, 0.6) is 0 Å². The maximum absolute atomic E-state index is 6.22. The predicted molar refractivity (Wildman–Crippen MR) is 234 cm³/mol. The van der Waals surface area contributed by atoms with Gasteiger partial charge < -0.3 is 4.42 Å². The second-order valence-electron chi connectivity index (χ2n) is 14.8. The molecule has 0 N–H and O–H groups in total. The zero-order valence-corrected chi connectivity index (χ0v) is 31.5. The summed E-state index contributed by atoms with van der Waals surface area (Å²) in [7, 11) is 0. The van der Waals surface area contributed by atoms with E-state index < -0.39 is 5.41 Å². The summed E-state index contributed by atoms with van der Waals surface area (Å²) >= 11 is 0. The van der Waals surface area contributed by atoms with Crippen LogP contribution in [0.15, 0.2) is 217 Å². The van der Waals surface area contributed by atoms with Crippen LogP contribution in [-0.4, -0.2) is 15.0 Å². The molecule has 58 heavy (non-hydrogen) atoms. The lowest BCUT2D eigenvalue weighted by Gasteiger charge is -2.33. The van der Waals surface area contributed by atoms with Crippen molar-refractivity contribution in [2.24, 2.45) is 0 Å². The number of furan rings is 1. The van der Waals surface area contributed by atoms with Gasteiger partial charge >= 0.3 is 0 Å². The molecule has 0 amide bonds. The average Bonchev–Trinajstić information content (AvgIpc) is 3.88. The topological polar surface area (TPSA) is 51.8 Å². The van der Waals surface area contributed by atoms with E-state index in [-0.39, 0.29) is 0 Å². The van der Waals surface area contributed by atoms with E-state index in [0.29, 0.717) is 5.82 Å². The molecule has 0 aliphatic heterocycles. The van der Waals surface area contributed by atoms with Gasteiger partial charge in [-0.05, 0) is 68.8 Å². The second-order valence-corrected chi connectivity index (χ2v) is 14.8. The second kappa shape index (κ2) is 13.8. The molecule has 4 heteroatoms. The van der Waals surface area contributed by atoms with Crippen molar-refractivity contribution in [2.45, 2.75) is 5.41 Å². The SMILES string of the molecule is c1ccc(C2(c3ccccc3)c3ccccc3-c3c(-c4cc(-c5ccc(-c6cc7ccccc7o6)cc5)nc(-c5ccc(-c6cccnc6)cc5)n4)cccc32)cc1. The minimum absolute atomic E-state index is 0.516. The smallest absolute Gasteiger partial charge is 0.160 e. The fourth-order valence-corrected chi connectivity index (χ4v) is 8.84. The first-order chi connectivity index (χ1) is 28.7. The lowest BCUT2D eigenvalue weighted by Crippen LogP contribution is -2.28. The Morgan fingerprint density at radius 1 is 0.414 bits per heavy atom. The molecule has 10 aromatic rings. The normalized spacial score (nSPS) is 12.6. The highest BCUT2D eigenvalue weighted by Gasteiger charge is 2.46. The van der Waals surface area contributed by atoms with Gasteiger partial charge in [-0.15, -0.1) is 0 Å². The Hall–Kier alpha value is -7.69. The van der Waals surface area contributed by atoms with Crippen LogP contribution < -0.4 is 0 Å². The molecule has 0 saturated heterocycles. The Balaban J connectivity index is 1.11. The van der Waals surface area contributed by atoms with E-state index in [1.807, 2.05) is 30.5 Å². The van der Waals surface area contributed by atoms with Gasteiger partial charge in [-0.25, -0.2) is 9.97 Å². The van der Waals surface area contributed by atoms with E-state index in [9.17, 15) is 0 Å². The van der Waals surface area contributed by atoms with Gasteiger partial charge in [-0.3, -0.25) is 4.98 Å². The molecular weight excluding hydrogens is 707 g/mol. The highest BCUT2D eigenvalue weighted by Crippen LogP contribution is 2.58. The number of benzene rings is 7. The van der Waals surface area contributed by atoms with Gasteiger partial charge in [0.1, 0.15) is 11.3 Å². The first-order valence-electron chi connectivity index (χ1n) is 19.6. The quantitative estimate of drug-likeness (QED) is 0.163. The van der Waals surface area contributed by atoms with Gasteiger partial charge in [0.25, 0.3) is 0 Å². The molecule has 0 atom stereocenters. The van der Waals surface area contributed by atoms with Crippen molar-refractivity contribution in [1.29, 1.82) is 0 Å². The summed E-state index contributed by atoms with van der Waals surface area (Å²) in [4.78, 5) is 15.0. The molecule has 272 valence electrons. The lowest BCUT2D eigenvalue weighted by molar-refractivity contribution is 0.631. The van der Waals surface area contributed by atoms with E-state index >= 15 is 0 Å². The van der Waals surface area contributed by atoms with E-state index in [1.165, 1.54) is 33.4 Å². The molecule has 3 aromatic heterocycles. The van der Waals surface area contributed by atoms with E-state index in [1.54, 1.807) is 6.20 Å². The van der Waals surface area contributed by atoms with Gasteiger partial charge in [-0.1, -0.05) is 176 Å². The van der Waals surface area contributed by atoms with E-state index in [2.05, 4.69) is 181 Å². The molecule has 0 saturated carbocycles. The van der Waals surface area contributed by atoms with Crippen LogP contribution >= 0.6 is 0 Å². The zero-order valence-electron chi connectivity index (χ0n) is 31.5. The third-order valence-corrected chi connectivity index (χ3v) is 11.5. The number of rotatable bonds is 7. The fourth-order valence-electron chi connectivity index (χ4n) is 8.84. The summed E-state index contributed by atoms with van der Waals surface area (Å²) < 4.78 is 6.22. The van der Waals surface area contributed by atoms with Gasteiger partial charge in [0.15, 0.2) is 5.82 Å². The molecule has 0 unspecified atom stereocenters. The average molecular weight is 742 g/mol. The monoisotopic (exact) mass is 741 g/mol. The Bertz CT molecular complexity index is 3010. The zero-order chi connectivity index (χ0) is 38.5. The highest BCUT2D eigenvalue weighted by atomic mass is 16.3. The van der Waals surface area contributed by atoms with Crippen LogP contribution in [-0.2, 0) is 5.41 Å². The summed E-state index contributed by atoms with van der Waals surface area (Å²) in [6.45, 7) is 0. The summed E-state index contributed by atoms with van der Waals surface area (Å²) in [6.07, 6.45) is 3.68. The maximum Gasteiger partial charge on any atom is 0.160 e. The minimum atomic E-state index is -0.516. The van der Waals surface area contributed by atoms with Crippen molar-refractivity contribution in [2.75, 3.05) is 0 Å². The molecule has 7 aromatic carbocycles. The number of nitrogens with zero attached hydrogens (tertiary/aromatic N) is 3. The highest BCUT2D eigenvalue weighted by molar-refractivity contribution is 5.95. The molecule has 0 spiro atoms. The summed E-state index contributed by atoms with van der Waals surface area (Å²) in [5, 5.41) is 1.08. The number of fused-ring (bicyclic) bond motifs is 4. The number of pyridine rings is 1. The molecule has 3 heterocycles. The van der Waals surface area contributed by atoms with Crippen LogP contribution in [0.3, 0.4) is 0 Å². The fraction of sp³-hybridized carbons (Fsp3) is 0.0185. The molecule has 11 rings (SSSR count). The van der Waals surface area contributed by atoms with Crippen LogP contribution in [0, 0.1) is 0 Å². The van der Waals surface area contributed by atoms with E-state index in [0.717, 1.165) is 61.5 Å². The first-order valence-corrected chi connectivity index (χ1v) is 19.6.